The summed E-state index contributed by atoms with van der Waals surface area (Å²) in [6, 6.07) is 8.90. The second-order valence-electron chi connectivity index (χ2n) is 6.00. The number of hydrogen-bond acceptors (Lipinski definition) is 2. The van der Waals surface area contributed by atoms with Gasteiger partial charge in [-0.2, -0.15) is 0 Å². The van der Waals surface area contributed by atoms with Crippen LogP contribution in [0.5, 0.6) is 0 Å². The van der Waals surface area contributed by atoms with Crippen LogP contribution >= 0.6 is 0 Å². The predicted octanol–water partition coefficient (Wildman–Crippen LogP) is 1.50. The smallest absolute Gasteiger partial charge is 0.279 e. The van der Waals surface area contributed by atoms with E-state index in [4.69, 9.17) is 0 Å². The van der Waals surface area contributed by atoms with E-state index in [-0.39, 0.29) is 19.0 Å². The first-order chi connectivity index (χ1) is 12.3. The standard InChI is InChI=1S/C18H18F3N3O2/c1-11-3-5-12(6-4-11)22-15(25)9-24(2)10-16(26)23-14-8-7-13(19)17(20)18(14)21/h3-8H,9-10H2,1-2H3,(H,22,25)(H,23,26)/p+1. The van der Waals surface area contributed by atoms with Crippen molar-refractivity contribution in [3.05, 3.63) is 59.4 Å². The molecule has 2 rings (SSSR count). The molecule has 0 aliphatic rings. The topological polar surface area (TPSA) is 62.6 Å². The molecule has 0 heterocycles. The summed E-state index contributed by atoms with van der Waals surface area (Å²) in [4.78, 5) is 24.4. The number of carbonyl (C=O) groups is 2. The summed E-state index contributed by atoms with van der Waals surface area (Å²) < 4.78 is 39.6. The van der Waals surface area contributed by atoms with Gasteiger partial charge in [0, 0.05) is 5.69 Å². The lowest BCUT2D eigenvalue weighted by molar-refractivity contribution is -0.862. The molecule has 2 aromatic carbocycles. The highest BCUT2D eigenvalue weighted by atomic mass is 19.2. The zero-order valence-corrected chi connectivity index (χ0v) is 14.3. The first kappa shape index (κ1) is 19.5. The molecule has 0 saturated carbocycles. The van der Waals surface area contributed by atoms with E-state index in [1.807, 2.05) is 19.1 Å². The van der Waals surface area contributed by atoms with E-state index in [9.17, 15) is 22.8 Å². The Bertz CT molecular complexity index is 810. The van der Waals surface area contributed by atoms with Gasteiger partial charge in [0.15, 0.2) is 30.5 Å². The highest BCUT2D eigenvalue weighted by Gasteiger charge is 2.18. The van der Waals surface area contributed by atoms with E-state index in [0.29, 0.717) is 10.6 Å². The minimum atomic E-state index is -1.65. The van der Waals surface area contributed by atoms with Crippen LogP contribution in [0.25, 0.3) is 0 Å². The molecule has 0 spiro atoms. The number of rotatable bonds is 6. The number of carbonyl (C=O) groups excluding carboxylic acids is 2. The normalized spacial score (nSPS) is 11.7. The van der Waals surface area contributed by atoms with Crippen LogP contribution in [0.4, 0.5) is 24.5 Å². The molecule has 3 N–H and O–H groups in total. The second-order valence-corrected chi connectivity index (χ2v) is 6.00. The lowest BCUT2D eigenvalue weighted by atomic mass is 10.2. The average Bonchev–Trinajstić information content (AvgIpc) is 2.57. The number of aryl methyl sites for hydroxylation is 1. The maximum absolute atomic E-state index is 13.5. The fourth-order valence-electron chi connectivity index (χ4n) is 2.27. The third kappa shape index (κ3) is 5.32. The van der Waals surface area contributed by atoms with E-state index in [2.05, 4.69) is 10.6 Å². The number of halogens is 3. The summed E-state index contributed by atoms with van der Waals surface area (Å²) >= 11 is 0. The molecule has 1 unspecified atom stereocenters. The number of quaternary nitrogens is 1. The zero-order valence-electron chi connectivity index (χ0n) is 14.3. The summed E-state index contributed by atoms with van der Waals surface area (Å²) in [7, 11) is 1.61. The Kier molecular flexibility index (Phi) is 6.35. The first-order valence-corrected chi connectivity index (χ1v) is 7.87. The van der Waals surface area contributed by atoms with E-state index < -0.39 is 29.0 Å². The van der Waals surface area contributed by atoms with E-state index in [0.717, 1.165) is 17.7 Å². The molecule has 0 aliphatic heterocycles. The van der Waals surface area contributed by atoms with Crippen molar-refractivity contribution in [1.82, 2.24) is 0 Å². The van der Waals surface area contributed by atoms with Gasteiger partial charge in [-0.05, 0) is 31.2 Å². The van der Waals surface area contributed by atoms with E-state index >= 15 is 0 Å². The molecule has 0 aliphatic carbocycles. The molecule has 26 heavy (non-hydrogen) atoms. The van der Waals surface area contributed by atoms with Gasteiger partial charge < -0.3 is 15.5 Å². The summed E-state index contributed by atoms with van der Waals surface area (Å²) in [6.07, 6.45) is 0. The van der Waals surface area contributed by atoms with Crippen molar-refractivity contribution in [3.63, 3.8) is 0 Å². The van der Waals surface area contributed by atoms with Crippen LogP contribution in [0.1, 0.15) is 5.56 Å². The van der Waals surface area contributed by atoms with Crippen LogP contribution in [0.3, 0.4) is 0 Å². The minimum Gasteiger partial charge on any atom is -0.322 e. The van der Waals surface area contributed by atoms with E-state index in [1.54, 1.807) is 19.2 Å². The molecule has 2 aromatic rings. The van der Waals surface area contributed by atoms with Gasteiger partial charge >= 0.3 is 0 Å². The van der Waals surface area contributed by atoms with E-state index in [1.165, 1.54) is 0 Å². The van der Waals surface area contributed by atoms with Crippen LogP contribution < -0.4 is 15.5 Å². The number of likely N-dealkylation sites (N-methyl/N-ethyl adjacent to an activating group) is 1. The van der Waals surface area contributed by atoms with Crippen LogP contribution in [-0.4, -0.2) is 32.0 Å². The number of nitrogens with one attached hydrogen (secondary N) is 3. The van der Waals surface area contributed by atoms with Crippen molar-refractivity contribution in [2.75, 3.05) is 30.8 Å². The molecule has 138 valence electrons. The lowest BCUT2D eigenvalue weighted by Gasteiger charge is -2.14. The third-order valence-corrected chi connectivity index (χ3v) is 3.57. The predicted molar refractivity (Wildman–Crippen MR) is 91.4 cm³/mol. The van der Waals surface area contributed by atoms with Crippen LogP contribution in [-0.2, 0) is 9.59 Å². The highest BCUT2D eigenvalue weighted by molar-refractivity contribution is 5.93. The first-order valence-electron chi connectivity index (χ1n) is 7.87. The van der Waals surface area contributed by atoms with Crippen molar-refractivity contribution >= 4 is 23.2 Å². The van der Waals surface area contributed by atoms with Gasteiger partial charge in [0.1, 0.15) is 0 Å². The van der Waals surface area contributed by atoms with Crippen molar-refractivity contribution in [3.8, 4) is 0 Å². The summed E-state index contributed by atoms with van der Waals surface area (Å²) in [5.74, 6) is -5.38. The Hall–Kier alpha value is -2.87. The number of hydrogen-bond donors (Lipinski definition) is 3. The number of anilines is 2. The second kappa shape index (κ2) is 8.48. The Morgan fingerprint density at radius 2 is 1.46 bits per heavy atom. The molecule has 1 atom stereocenters. The van der Waals surface area contributed by atoms with Gasteiger partial charge in [0.05, 0.1) is 12.7 Å². The molecule has 0 radical (unpaired) electrons. The Morgan fingerprint density at radius 1 is 0.885 bits per heavy atom. The van der Waals surface area contributed by atoms with Crippen LogP contribution in [0.15, 0.2) is 36.4 Å². The van der Waals surface area contributed by atoms with Crippen molar-refractivity contribution in [1.29, 1.82) is 0 Å². The number of benzene rings is 2. The van der Waals surface area contributed by atoms with Gasteiger partial charge in [-0.15, -0.1) is 0 Å². The van der Waals surface area contributed by atoms with Gasteiger partial charge in [0.2, 0.25) is 0 Å². The highest BCUT2D eigenvalue weighted by Crippen LogP contribution is 2.19. The summed E-state index contributed by atoms with van der Waals surface area (Å²) in [5, 5.41) is 4.87. The molecule has 0 saturated heterocycles. The molecular weight excluding hydrogens is 347 g/mol. The van der Waals surface area contributed by atoms with Crippen molar-refractivity contribution in [2.45, 2.75) is 6.92 Å². The largest absolute Gasteiger partial charge is 0.322 e. The molecule has 8 heteroatoms. The molecule has 0 bridgehead atoms. The SMILES string of the molecule is Cc1ccc(NC(=O)C[NH+](C)CC(=O)Nc2ccc(F)c(F)c2F)cc1. The minimum absolute atomic E-state index is 0.00155. The Balaban J connectivity index is 1.86. The monoisotopic (exact) mass is 366 g/mol. The molecule has 5 nitrogen and oxygen atoms in total. The average molecular weight is 366 g/mol. The van der Waals surface area contributed by atoms with Gasteiger partial charge in [-0.25, -0.2) is 13.2 Å². The summed E-state index contributed by atoms with van der Waals surface area (Å²) in [6.45, 7) is 1.78. The fraction of sp³-hybridized carbons (Fsp3) is 0.222. The lowest BCUT2D eigenvalue weighted by Crippen LogP contribution is -3.11. The molecule has 0 aromatic heterocycles. The van der Waals surface area contributed by atoms with Crippen LogP contribution in [0, 0.1) is 24.4 Å². The van der Waals surface area contributed by atoms with Gasteiger partial charge in [-0.3, -0.25) is 9.59 Å². The number of amides is 2. The Labute approximate surface area is 148 Å². The van der Waals surface area contributed by atoms with Crippen LogP contribution in [0.2, 0.25) is 0 Å². The quantitative estimate of drug-likeness (QED) is 0.679. The Morgan fingerprint density at radius 3 is 2.08 bits per heavy atom. The van der Waals surface area contributed by atoms with Crippen molar-refractivity contribution < 1.29 is 27.7 Å². The molecular formula is C18H19F3N3O2+. The van der Waals surface area contributed by atoms with Gasteiger partial charge in [-0.1, -0.05) is 17.7 Å². The molecule has 2 amide bonds. The summed E-state index contributed by atoms with van der Waals surface area (Å²) in [5.41, 5.74) is 1.25. The van der Waals surface area contributed by atoms with Gasteiger partial charge in [0.25, 0.3) is 11.8 Å². The maximum Gasteiger partial charge on any atom is 0.279 e. The fourth-order valence-corrected chi connectivity index (χ4v) is 2.27. The third-order valence-electron chi connectivity index (χ3n) is 3.57. The molecule has 0 fully saturated rings. The van der Waals surface area contributed by atoms with Crippen molar-refractivity contribution in [2.24, 2.45) is 0 Å². The maximum atomic E-state index is 13.5. The zero-order chi connectivity index (χ0) is 19.3.